The third-order valence-corrected chi connectivity index (χ3v) is 10.8. The van der Waals surface area contributed by atoms with Gasteiger partial charge in [-0.15, -0.1) is 0 Å². The van der Waals surface area contributed by atoms with Crippen molar-refractivity contribution in [2.24, 2.45) is 17.4 Å². The number of nitrogens with two attached hydrogens (primary N) is 2. The van der Waals surface area contributed by atoms with Gasteiger partial charge in [-0.1, -0.05) is 13.8 Å². The zero-order valence-corrected chi connectivity index (χ0v) is 39.1. The molecule has 27 heteroatoms. The highest BCUT2D eigenvalue weighted by Crippen LogP contribution is 2.08. The molecule has 0 aromatic heterocycles. The Morgan fingerprint density at radius 3 is 1.52 bits per heavy atom. The molecule has 364 valence electrons. The van der Waals surface area contributed by atoms with E-state index < -0.39 is 132 Å². The van der Waals surface area contributed by atoms with E-state index in [1.807, 2.05) is 0 Å². The van der Waals surface area contributed by atoms with E-state index in [2.05, 4.69) is 55.2 Å². The van der Waals surface area contributed by atoms with Gasteiger partial charge in [0.1, 0.15) is 42.3 Å². The van der Waals surface area contributed by atoms with Gasteiger partial charge in [0.05, 0.1) is 18.7 Å². The van der Waals surface area contributed by atoms with Crippen molar-refractivity contribution in [1.29, 1.82) is 0 Å². The first kappa shape index (κ1) is 59.1. The van der Waals surface area contributed by atoms with Gasteiger partial charge in [-0.05, 0) is 69.5 Å². The second-order valence-electron chi connectivity index (χ2n) is 14.8. The molecule has 64 heavy (non-hydrogen) atoms. The molecule has 0 aliphatic rings. The number of rotatable bonds is 32. The summed E-state index contributed by atoms with van der Waals surface area (Å²) < 4.78 is 0. The topological polar surface area (TPSA) is 397 Å². The Morgan fingerprint density at radius 2 is 1.06 bits per heavy atom. The number of aliphatic hydroxyl groups excluding tert-OH is 1. The normalized spacial score (nSPS) is 15.2. The van der Waals surface area contributed by atoms with Crippen LogP contribution in [0.5, 0.6) is 0 Å². The Labute approximate surface area is 385 Å². The van der Waals surface area contributed by atoms with Crippen LogP contribution in [0.2, 0.25) is 0 Å². The van der Waals surface area contributed by atoms with Gasteiger partial charge in [0.15, 0.2) is 0 Å². The summed E-state index contributed by atoms with van der Waals surface area (Å²) in [5.74, 6) is -10.5. The lowest BCUT2D eigenvalue weighted by Gasteiger charge is -2.27. The van der Waals surface area contributed by atoms with Crippen molar-refractivity contribution in [2.45, 2.75) is 121 Å². The van der Waals surface area contributed by atoms with Gasteiger partial charge < -0.3 is 69.3 Å². The van der Waals surface area contributed by atoms with E-state index >= 15 is 0 Å². The summed E-state index contributed by atoms with van der Waals surface area (Å²) in [6, 6.07) is -10.9. The Bertz CT molecular complexity index is 1640. The Hall–Kier alpha value is -4.86. The summed E-state index contributed by atoms with van der Waals surface area (Å²) in [4.78, 5) is 139. The number of aliphatic carboxylic acids is 2. The molecule has 0 bridgehead atoms. The van der Waals surface area contributed by atoms with Crippen LogP contribution in [0.1, 0.15) is 66.2 Å². The number of carboxylic acid groups (broad SMARTS) is 2. The predicted octanol–water partition coefficient (Wildman–Crippen LogP) is -4.47. The predicted molar refractivity (Wildman–Crippen MR) is 239 cm³/mol. The molecule has 9 amide bonds. The first-order valence-electron chi connectivity index (χ1n) is 20.0. The highest BCUT2D eigenvalue weighted by molar-refractivity contribution is 7.98. The number of carbonyl (C=O) groups excluding carboxylic acids is 9. The lowest BCUT2D eigenvalue weighted by atomic mass is 10.0. The summed E-state index contributed by atoms with van der Waals surface area (Å²) >= 11 is 6.81. The van der Waals surface area contributed by atoms with Gasteiger partial charge >= 0.3 is 11.9 Å². The monoisotopic (exact) mass is 968 g/mol. The first-order valence-corrected chi connectivity index (χ1v) is 23.5. The van der Waals surface area contributed by atoms with Crippen molar-refractivity contribution < 1.29 is 68.1 Å². The van der Waals surface area contributed by atoms with Gasteiger partial charge in [0.25, 0.3) is 0 Å². The molecular weight excluding hydrogens is 905 g/mol. The number of primary amides is 1. The summed E-state index contributed by atoms with van der Waals surface area (Å²) in [7, 11) is 0. The van der Waals surface area contributed by atoms with Crippen molar-refractivity contribution in [2.75, 3.05) is 36.3 Å². The molecular formula is C37H64N10O14S3. The van der Waals surface area contributed by atoms with E-state index in [4.69, 9.17) is 16.6 Å². The van der Waals surface area contributed by atoms with Crippen LogP contribution in [-0.2, 0) is 52.7 Å². The molecule has 0 heterocycles. The third kappa shape index (κ3) is 23.2. The van der Waals surface area contributed by atoms with Crippen LogP contribution in [0.15, 0.2) is 0 Å². The fourth-order valence-corrected chi connectivity index (χ4v) is 6.55. The highest BCUT2D eigenvalue weighted by Gasteiger charge is 2.34. The first-order chi connectivity index (χ1) is 29.9. The van der Waals surface area contributed by atoms with E-state index in [1.165, 1.54) is 37.4 Å². The number of hydrogen-bond donors (Lipinski definition) is 14. The number of carboxylic acids is 2. The largest absolute Gasteiger partial charge is 0.481 e. The maximum atomic E-state index is 13.6. The van der Waals surface area contributed by atoms with Crippen LogP contribution < -0.4 is 54.0 Å². The van der Waals surface area contributed by atoms with E-state index in [1.54, 1.807) is 26.4 Å². The zero-order chi connectivity index (χ0) is 49.3. The standard InChI is InChI=1S/C37H64N10O14S3/c1-17(2)28(37(60)61)46-26(50)15-40-32(55)21(8-9-25(39)49)43-35(58)24(16-62)45-30(53)18(3)41-36(59)29(19(4)48)47-34(57)23(12-14-64-6)44-33(56)22(11-13-63-5)42-31(54)20(38)7-10-27(51)52/h17-24,28-29,48,62H,7-16,38H2,1-6H3,(H2,39,49)(H,40,55)(H,41,59)(H,42,54)(H,43,58)(H,44,56)(H,45,53)(H,46,50)(H,47,57)(H,51,52)(H,60,61)/t18-,19+,20-,21-,22-,23-,24-,28-,29-/m0/s1. The number of aliphatic hydroxyl groups is 1. The molecule has 0 saturated heterocycles. The minimum absolute atomic E-state index is 0.0477. The minimum Gasteiger partial charge on any atom is -0.481 e. The summed E-state index contributed by atoms with van der Waals surface area (Å²) in [5.41, 5.74) is 11.0. The number of hydrogen-bond acceptors (Lipinski definition) is 16. The zero-order valence-electron chi connectivity index (χ0n) is 36.6. The minimum atomic E-state index is -1.67. The molecule has 0 unspecified atom stereocenters. The SMILES string of the molecule is CSCC[C@H](NC(=O)[C@H](CCSC)NC(=O)[C@@H](N)CCC(=O)O)C(=O)N[C@H](C(=O)N[C@@H](C)C(=O)N[C@@H](CS)C(=O)N[C@@H](CCC(N)=O)C(=O)NCC(=O)N[C@H](C(=O)O)C(C)C)[C@@H](C)O. The van der Waals surface area contributed by atoms with E-state index in [9.17, 15) is 63.0 Å². The van der Waals surface area contributed by atoms with Crippen LogP contribution in [0, 0.1) is 5.92 Å². The van der Waals surface area contributed by atoms with Crippen LogP contribution in [0.3, 0.4) is 0 Å². The van der Waals surface area contributed by atoms with Gasteiger partial charge in [-0.25, -0.2) is 4.79 Å². The summed E-state index contributed by atoms with van der Waals surface area (Å²) in [6.07, 6.45) is 0.865. The molecule has 9 atom stereocenters. The molecule has 0 aromatic rings. The molecule has 0 fully saturated rings. The third-order valence-electron chi connectivity index (χ3n) is 9.11. The van der Waals surface area contributed by atoms with E-state index in [0.29, 0.717) is 11.5 Å². The lowest BCUT2D eigenvalue weighted by Crippen LogP contribution is -2.61. The molecule has 0 radical (unpaired) electrons. The van der Waals surface area contributed by atoms with Crippen molar-refractivity contribution >= 4 is 101 Å². The molecule has 0 saturated carbocycles. The second-order valence-corrected chi connectivity index (χ2v) is 17.2. The number of thioether (sulfide) groups is 2. The van der Waals surface area contributed by atoms with Crippen LogP contribution in [0.4, 0.5) is 0 Å². The van der Waals surface area contributed by atoms with Gasteiger partial charge in [-0.3, -0.25) is 47.9 Å². The van der Waals surface area contributed by atoms with Gasteiger partial charge in [0, 0.05) is 18.6 Å². The summed E-state index contributed by atoms with van der Waals surface area (Å²) in [6.45, 7) is 4.85. The number of nitrogens with one attached hydrogen (secondary N) is 8. The van der Waals surface area contributed by atoms with Crippen molar-refractivity contribution in [1.82, 2.24) is 42.5 Å². The Balaban J connectivity index is 5.86. The van der Waals surface area contributed by atoms with Crippen LogP contribution in [-0.4, -0.2) is 171 Å². The molecule has 24 nitrogen and oxygen atoms in total. The number of thiol groups is 1. The fraction of sp³-hybridized carbons (Fsp3) is 0.703. The number of carbonyl (C=O) groups is 11. The molecule has 0 rings (SSSR count). The maximum Gasteiger partial charge on any atom is 0.326 e. The van der Waals surface area contributed by atoms with E-state index in [-0.39, 0.29) is 44.3 Å². The van der Waals surface area contributed by atoms with Crippen LogP contribution >= 0.6 is 36.2 Å². The fourth-order valence-electron chi connectivity index (χ4n) is 5.35. The Kier molecular flexibility index (Phi) is 28.7. The van der Waals surface area contributed by atoms with Crippen molar-refractivity contribution in [3.63, 3.8) is 0 Å². The van der Waals surface area contributed by atoms with Crippen LogP contribution in [0.25, 0.3) is 0 Å². The highest BCUT2D eigenvalue weighted by atomic mass is 32.2. The second kappa shape index (κ2) is 31.1. The molecule has 0 aliphatic heterocycles. The smallest absolute Gasteiger partial charge is 0.326 e. The van der Waals surface area contributed by atoms with Gasteiger partial charge in [0.2, 0.25) is 53.2 Å². The van der Waals surface area contributed by atoms with Gasteiger partial charge in [-0.2, -0.15) is 36.2 Å². The number of amides is 9. The Morgan fingerprint density at radius 1 is 0.578 bits per heavy atom. The maximum absolute atomic E-state index is 13.6. The molecule has 0 aromatic carbocycles. The van der Waals surface area contributed by atoms with Crippen molar-refractivity contribution in [3.05, 3.63) is 0 Å². The average molecular weight is 969 g/mol. The summed E-state index contributed by atoms with van der Waals surface area (Å²) in [5, 5.41) is 47.7. The quantitative estimate of drug-likeness (QED) is 0.0283. The average Bonchev–Trinajstić information content (AvgIpc) is 3.22. The lowest BCUT2D eigenvalue weighted by molar-refractivity contribution is -0.143. The molecule has 0 aliphatic carbocycles. The van der Waals surface area contributed by atoms with Crippen molar-refractivity contribution in [3.8, 4) is 0 Å². The molecule has 0 spiro atoms. The molecule has 15 N–H and O–H groups in total. The van der Waals surface area contributed by atoms with E-state index in [0.717, 1.165) is 0 Å².